The van der Waals surface area contributed by atoms with E-state index in [1.807, 2.05) is 30.1 Å². The molecule has 0 bridgehead atoms. The second-order valence-corrected chi connectivity index (χ2v) is 8.57. The molecule has 1 heterocycles. The van der Waals surface area contributed by atoms with Crippen molar-refractivity contribution in [1.82, 2.24) is 15.1 Å². The summed E-state index contributed by atoms with van der Waals surface area (Å²) in [6, 6.07) is 13.9. The van der Waals surface area contributed by atoms with Crippen LogP contribution in [0.25, 0.3) is 0 Å². The van der Waals surface area contributed by atoms with E-state index in [-0.39, 0.29) is 5.91 Å². The highest BCUT2D eigenvalue weighted by molar-refractivity contribution is 6.34. The molecule has 1 unspecified atom stereocenters. The van der Waals surface area contributed by atoms with Gasteiger partial charge >= 0.3 is 0 Å². The lowest BCUT2D eigenvalue weighted by Gasteiger charge is -2.44. The van der Waals surface area contributed by atoms with Crippen molar-refractivity contribution in [2.75, 3.05) is 33.2 Å². The van der Waals surface area contributed by atoms with Crippen LogP contribution in [0.1, 0.15) is 23.1 Å². The lowest BCUT2D eigenvalue weighted by atomic mass is 9.87. The molecule has 1 saturated heterocycles. The normalized spacial score (nSPS) is 22.1. The maximum atomic E-state index is 13.9. The van der Waals surface area contributed by atoms with Gasteiger partial charge in [0.1, 0.15) is 5.54 Å². The lowest BCUT2D eigenvalue weighted by molar-refractivity contribution is -0.145. The van der Waals surface area contributed by atoms with E-state index in [4.69, 9.17) is 23.2 Å². The zero-order chi connectivity index (χ0) is 19.7. The fourth-order valence-electron chi connectivity index (χ4n) is 4.69. The third-order valence-electron chi connectivity index (χ3n) is 5.92. The van der Waals surface area contributed by atoms with E-state index in [1.54, 1.807) is 6.07 Å². The van der Waals surface area contributed by atoms with Crippen molar-refractivity contribution in [3.8, 4) is 0 Å². The van der Waals surface area contributed by atoms with E-state index in [9.17, 15) is 4.79 Å². The van der Waals surface area contributed by atoms with Crippen molar-refractivity contribution >= 4 is 29.1 Å². The average molecular weight is 418 g/mol. The summed E-state index contributed by atoms with van der Waals surface area (Å²) in [6.07, 6.45) is 1.76. The number of hydrogen-bond donors (Lipinski definition) is 1. The molecule has 2 aromatic rings. The Morgan fingerprint density at radius 1 is 1.14 bits per heavy atom. The van der Waals surface area contributed by atoms with Gasteiger partial charge in [0, 0.05) is 49.8 Å². The first-order valence-corrected chi connectivity index (χ1v) is 10.5. The third kappa shape index (κ3) is 3.55. The van der Waals surface area contributed by atoms with Gasteiger partial charge in [-0.2, -0.15) is 0 Å². The highest BCUT2D eigenvalue weighted by Crippen LogP contribution is 2.43. The third-order valence-corrected chi connectivity index (χ3v) is 6.35. The summed E-state index contributed by atoms with van der Waals surface area (Å²) in [6.45, 7) is 4.04. The summed E-state index contributed by atoms with van der Waals surface area (Å²) >= 11 is 12.3. The number of likely N-dealkylation sites (N-methyl/N-ethyl adjacent to an activating group) is 1. The Morgan fingerprint density at radius 2 is 1.82 bits per heavy atom. The first-order valence-electron chi connectivity index (χ1n) is 9.75. The second kappa shape index (κ2) is 8.03. The van der Waals surface area contributed by atoms with Gasteiger partial charge in [0.05, 0.1) is 0 Å². The van der Waals surface area contributed by atoms with Crippen LogP contribution in [0.3, 0.4) is 0 Å². The molecule has 4 rings (SSSR count). The first kappa shape index (κ1) is 19.7. The molecule has 1 aliphatic heterocycles. The van der Waals surface area contributed by atoms with Crippen molar-refractivity contribution in [1.29, 1.82) is 0 Å². The number of rotatable bonds is 4. The van der Waals surface area contributed by atoms with Crippen LogP contribution in [0.2, 0.25) is 10.0 Å². The predicted octanol–water partition coefficient (Wildman–Crippen LogP) is 3.70. The molecule has 1 aliphatic carbocycles. The van der Waals surface area contributed by atoms with E-state index >= 15 is 0 Å². The number of benzene rings is 2. The largest absolute Gasteiger partial charge is 0.340 e. The highest BCUT2D eigenvalue weighted by atomic mass is 35.5. The zero-order valence-corrected chi connectivity index (χ0v) is 17.6. The molecule has 0 saturated carbocycles. The Balaban J connectivity index is 1.68. The molecule has 2 aromatic carbocycles. The van der Waals surface area contributed by atoms with E-state index in [2.05, 4.69) is 28.4 Å². The number of piperazine rings is 1. The molecule has 4 nitrogen and oxygen atoms in total. The summed E-state index contributed by atoms with van der Waals surface area (Å²) in [7, 11) is 1.88. The molecule has 28 heavy (non-hydrogen) atoms. The summed E-state index contributed by atoms with van der Waals surface area (Å²) < 4.78 is 0. The number of carbonyl (C=O) groups is 1. The molecule has 2 aliphatic rings. The number of aryl methyl sites for hydroxylation is 1. The van der Waals surface area contributed by atoms with E-state index in [0.717, 1.165) is 50.1 Å². The van der Waals surface area contributed by atoms with E-state index in [0.29, 0.717) is 16.6 Å². The molecule has 148 valence electrons. The number of hydrogen-bond acceptors (Lipinski definition) is 3. The summed E-state index contributed by atoms with van der Waals surface area (Å²) in [5.41, 5.74) is 2.80. The van der Waals surface area contributed by atoms with Crippen LogP contribution in [-0.2, 0) is 23.3 Å². The summed E-state index contributed by atoms with van der Waals surface area (Å²) in [5.74, 6) is 0.149. The first-order chi connectivity index (χ1) is 13.5. The molecular weight excluding hydrogens is 393 g/mol. The number of amides is 1. The monoisotopic (exact) mass is 417 g/mol. The number of nitrogens with one attached hydrogen (secondary N) is 1. The molecule has 0 aromatic heterocycles. The topological polar surface area (TPSA) is 35.6 Å². The van der Waals surface area contributed by atoms with Gasteiger partial charge in [-0.1, -0.05) is 47.5 Å². The van der Waals surface area contributed by atoms with Crippen LogP contribution in [0, 0.1) is 0 Å². The fourth-order valence-corrected chi connectivity index (χ4v) is 5.26. The van der Waals surface area contributed by atoms with E-state index < -0.39 is 5.54 Å². The molecule has 6 heteroatoms. The van der Waals surface area contributed by atoms with Crippen molar-refractivity contribution in [2.45, 2.75) is 24.9 Å². The minimum Gasteiger partial charge on any atom is -0.340 e. The van der Waals surface area contributed by atoms with Crippen LogP contribution in [0.15, 0.2) is 42.5 Å². The van der Waals surface area contributed by atoms with Gasteiger partial charge in [0.15, 0.2) is 0 Å². The minimum atomic E-state index is -0.587. The molecule has 1 fully saturated rings. The van der Waals surface area contributed by atoms with Crippen LogP contribution >= 0.6 is 23.2 Å². The van der Waals surface area contributed by atoms with Gasteiger partial charge in [-0.3, -0.25) is 9.69 Å². The van der Waals surface area contributed by atoms with Crippen molar-refractivity contribution < 1.29 is 4.79 Å². The van der Waals surface area contributed by atoms with Crippen molar-refractivity contribution in [3.63, 3.8) is 0 Å². The molecule has 1 amide bonds. The number of nitrogens with zero attached hydrogens (tertiary/aromatic N) is 2. The maximum absolute atomic E-state index is 13.9. The molecule has 0 radical (unpaired) electrons. The van der Waals surface area contributed by atoms with Gasteiger partial charge in [0.25, 0.3) is 0 Å². The minimum absolute atomic E-state index is 0.149. The summed E-state index contributed by atoms with van der Waals surface area (Å²) in [5, 5.41) is 4.58. The standard InChI is InChI=1S/C22H25Cl2N3O/c1-26(15-16-12-18(23)14-19(24)13-16)21(28)22(27-10-8-25-9-11-27)7-6-17-4-2-3-5-20(17)22/h2-5,12-14,25H,6-11,15H2,1H3. The van der Waals surface area contributed by atoms with Crippen LogP contribution < -0.4 is 5.32 Å². The Kier molecular flexibility index (Phi) is 5.66. The molecule has 0 spiro atoms. The Hall–Kier alpha value is -1.59. The summed E-state index contributed by atoms with van der Waals surface area (Å²) in [4.78, 5) is 18.1. The van der Waals surface area contributed by atoms with Gasteiger partial charge in [-0.05, 0) is 47.7 Å². The average Bonchev–Trinajstić information content (AvgIpc) is 3.08. The van der Waals surface area contributed by atoms with Gasteiger partial charge in [-0.25, -0.2) is 0 Å². The fraction of sp³-hybridized carbons (Fsp3) is 0.409. The maximum Gasteiger partial charge on any atom is 0.247 e. The lowest BCUT2D eigenvalue weighted by Crippen LogP contribution is -2.60. The van der Waals surface area contributed by atoms with Gasteiger partial charge in [0.2, 0.25) is 5.91 Å². The van der Waals surface area contributed by atoms with Crippen LogP contribution in [-0.4, -0.2) is 48.9 Å². The van der Waals surface area contributed by atoms with Crippen molar-refractivity contribution in [3.05, 3.63) is 69.2 Å². The predicted molar refractivity (Wildman–Crippen MR) is 114 cm³/mol. The van der Waals surface area contributed by atoms with Gasteiger partial charge < -0.3 is 10.2 Å². The SMILES string of the molecule is CN(Cc1cc(Cl)cc(Cl)c1)C(=O)C1(N2CCNCC2)CCc2ccccc21. The molecule has 1 N–H and O–H groups in total. The van der Waals surface area contributed by atoms with E-state index in [1.165, 1.54) is 5.56 Å². The smallest absolute Gasteiger partial charge is 0.247 e. The number of fused-ring (bicyclic) bond motifs is 1. The number of carbonyl (C=O) groups excluding carboxylic acids is 1. The van der Waals surface area contributed by atoms with Crippen LogP contribution in [0.4, 0.5) is 0 Å². The quantitative estimate of drug-likeness (QED) is 0.823. The van der Waals surface area contributed by atoms with Crippen LogP contribution in [0.5, 0.6) is 0 Å². The Bertz CT molecular complexity index is 862. The van der Waals surface area contributed by atoms with Crippen molar-refractivity contribution in [2.24, 2.45) is 0 Å². The zero-order valence-electron chi connectivity index (χ0n) is 16.0. The molecular formula is C22H25Cl2N3O. The number of halogens is 2. The molecule has 1 atom stereocenters. The Morgan fingerprint density at radius 3 is 2.54 bits per heavy atom. The Labute approximate surface area is 176 Å². The highest BCUT2D eigenvalue weighted by Gasteiger charge is 2.50. The van der Waals surface area contributed by atoms with Gasteiger partial charge in [-0.15, -0.1) is 0 Å². The second-order valence-electron chi connectivity index (χ2n) is 7.69.